The van der Waals surface area contributed by atoms with Crippen molar-refractivity contribution in [2.45, 2.75) is 58.5 Å². The third-order valence-electron chi connectivity index (χ3n) is 4.05. The molecule has 1 aliphatic rings. The summed E-state index contributed by atoms with van der Waals surface area (Å²) in [5.41, 5.74) is 0. The van der Waals surface area contributed by atoms with Crippen LogP contribution in [0.15, 0.2) is 18.7 Å². The van der Waals surface area contributed by atoms with E-state index in [0.717, 1.165) is 13.1 Å². The number of ether oxygens (including phenoxy) is 1. The lowest BCUT2D eigenvalue weighted by atomic mass is 10.2. The Balaban J connectivity index is 1.69. The molecule has 1 aromatic rings. The van der Waals surface area contributed by atoms with Gasteiger partial charge in [-0.3, -0.25) is 4.90 Å². The van der Waals surface area contributed by atoms with Crippen molar-refractivity contribution in [3.63, 3.8) is 0 Å². The average molecular weight is 323 g/mol. The molecule has 130 valence electrons. The normalized spacial score (nSPS) is 24.9. The van der Waals surface area contributed by atoms with Gasteiger partial charge in [-0.1, -0.05) is 0 Å². The predicted molar refractivity (Wildman–Crippen MR) is 89.3 cm³/mol. The Morgan fingerprint density at radius 1 is 1.35 bits per heavy atom. The summed E-state index contributed by atoms with van der Waals surface area (Å²) in [5.74, 6) is 0. The second-order valence-corrected chi connectivity index (χ2v) is 6.58. The summed E-state index contributed by atoms with van der Waals surface area (Å²) in [6.07, 6.45) is 5.85. The second-order valence-electron chi connectivity index (χ2n) is 6.58. The molecule has 0 saturated carbocycles. The van der Waals surface area contributed by atoms with E-state index in [4.69, 9.17) is 4.74 Å². The Morgan fingerprint density at radius 3 is 2.65 bits per heavy atom. The minimum Gasteiger partial charge on any atom is -0.373 e. The van der Waals surface area contributed by atoms with Crippen molar-refractivity contribution in [1.82, 2.24) is 25.1 Å². The number of aromatic nitrogens is 2. The minimum atomic E-state index is -0.126. The Morgan fingerprint density at radius 2 is 2.04 bits per heavy atom. The molecule has 1 saturated heterocycles. The molecule has 2 amide bonds. The molecule has 0 bridgehead atoms. The molecule has 0 aliphatic carbocycles. The van der Waals surface area contributed by atoms with Crippen LogP contribution in [0.1, 0.15) is 27.7 Å². The van der Waals surface area contributed by atoms with Crippen molar-refractivity contribution in [1.29, 1.82) is 0 Å². The van der Waals surface area contributed by atoms with Gasteiger partial charge in [0.15, 0.2) is 0 Å². The highest BCUT2D eigenvalue weighted by molar-refractivity contribution is 5.74. The molecule has 2 heterocycles. The van der Waals surface area contributed by atoms with Crippen LogP contribution in [0.3, 0.4) is 0 Å². The Kier molecular flexibility index (Phi) is 6.41. The smallest absolute Gasteiger partial charge is 0.315 e. The first-order valence-electron chi connectivity index (χ1n) is 8.33. The monoisotopic (exact) mass is 323 g/mol. The summed E-state index contributed by atoms with van der Waals surface area (Å²) in [4.78, 5) is 18.4. The van der Waals surface area contributed by atoms with E-state index in [1.807, 2.05) is 17.7 Å². The van der Waals surface area contributed by atoms with Gasteiger partial charge in [-0.2, -0.15) is 0 Å². The van der Waals surface area contributed by atoms with Crippen LogP contribution >= 0.6 is 0 Å². The highest BCUT2D eigenvalue weighted by Crippen LogP contribution is 2.13. The first-order chi connectivity index (χ1) is 10.9. The van der Waals surface area contributed by atoms with E-state index in [1.165, 1.54) is 0 Å². The van der Waals surface area contributed by atoms with Gasteiger partial charge in [-0.15, -0.1) is 0 Å². The van der Waals surface area contributed by atoms with Gasteiger partial charge in [0.2, 0.25) is 0 Å². The summed E-state index contributed by atoms with van der Waals surface area (Å²) in [5, 5.41) is 5.91. The highest BCUT2D eigenvalue weighted by Gasteiger charge is 2.25. The molecule has 23 heavy (non-hydrogen) atoms. The number of nitrogens with zero attached hydrogens (tertiary/aromatic N) is 3. The van der Waals surface area contributed by atoms with E-state index in [9.17, 15) is 4.79 Å². The fraction of sp³-hybridized carbons (Fsp3) is 0.750. The van der Waals surface area contributed by atoms with E-state index < -0.39 is 0 Å². The number of carbonyl (C=O) groups is 1. The Bertz CT molecular complexity index is 469. The Labute approximate surface area is 138 Å². The molecule has 1 aliphatic heterocycles. The van der Waals surface area contributed by atoms with Gasteiger partial charge < -0.3 is 19.9 Å². The molecular formula is C16H29N5O2. The quantitative estimate of drug-likeness (QED) is 0.821. The highest BCUT2D eigenvalue weighted by atomic mass is 16.5. The van der Waals surface area contributed by atoms with Gasteiger partial charge >= 0.3 is 6.03 Å². The van der Waals surface area contributed by atoms with E-state index in [2.05, 4.69) is 41.3 Å². The van der Waals surface area contributed by atoms with Crippen LogP contribution in [0.2, 0.25) is 0 Å². The lowest BCUT2D eigenvalue weighted by Gasteiger charge is -2.39. The minimum absolute atomic E-state index is 0.0444. The summed E-state index contributed by atoms with van der Waals surface area (Å²) in [6, 6.07) is 0.209. The largest absolute Gasteiger partial charge is 0.373 e. The summed E-state index contributed by atoms with van der Waals surface area (Å²) in [6.45, 7) is 11.5. The lowest BCUT2D eigenvalue weighted by Crippen LogP contribution is -2.53. The van der Waals surface area contributed by atoms with Gasteiger partial charge in [-0.05, 0) is 27.7 Å². The second kappa shape index (κ2) is 8.31. The average Bonchev–Trinajstić information content (AvgIpc) is 2.96. The lowest BCUT2D eigenvalue weighted by molar-refractivity contribution is -0.0778. The zero-order chi connectivity index (χ0) is 16.8. The van der Waals surface area contributed by atoms with Crippen LogP contribution in [0, 0.1) is 0 Å². The summed E-state index contributed by atoms with van der Waals surface area (Å²) in [7, 11) is 0. The molecule has 0 spiro atoms. The number of imidazole rings is 1. The van der Waals surface area contributed by atoms with E-state index >= 15 is 0 Å². The molecule has 7 heteroatoms. The van der Waals surface area contributed by atoms with E-state index in [-0.39, 0.29) is 24.3 Å². The maximum atomic E-state index is 12.0. The van der Waals surface area contributed by atoms with Crippen molar-refractivity contribution in [2.24, 2.45) is 0 Å². The number of amides is 2. The molecule has 1 aromatic heterocycles. The van der Waals surface area contributed by atoms with E-state index in [1.54, 1.807) is 12.5 Å². The number of morpholine rings is 1. The number of nitrogens with one attached hydrogen (secondary N) is 2. The fourth-order valence-electron chi connectivity index (χ4n) is 2.98. The summed E-state index contributed by atoms with van der Waals surface area (Å²) < 4.78 is 7.69. The standard InChI is InChI=1S/C16H29N5O2/c1-12(8-20-6-5-17-11-20)19-16(22)18-7-13(2)21-9-14(3)23-15(4)10-21/h5-6,11-15H,7-10H2,1-4H3,(H2,18,19,22). The number of hydrogen-bond acceptors (Lipinski definition) is 4. The topological polar surface area (TPSA) is 71.4 Å². The third kappa shape index (κ3) is 5.84. The summed E-state index contributed by atoms with van der Waals surface area (Å²) >= 11 is 0. The number of urea groups is 1. The van der Waals surface area contributed by atoms with Crippen molar-refractivity contribution in [3.05, 3.63) is 18.7 Å². The zero-order valence-electron chi connectivity index (χ0n) is 14.5. The third-order valence-corrected chi connectivity index (χ3v) is 4.05. The fourth-order valence-corrected chi connectivity index (χ4v) is 2.98. The molecule has 4 unspecified atom stereocenters. The number of carbonyl (C=O) groups excluding carboxylic acids is 1. The molecule has 0 aromatic carbocycles. The molecule has 7 nitrogen and oxygen atoms in total. The van der Waals surface area contributed by atoms with Crippen LogP contribution in [0.25, 0.3) is 0 Å². The van der Waals surface area contributed by atoms with E-state index in [0.29, 0.717) is 19.1 Å². The first-order valence-corrected chi connectivity index (χ1v) is 8.33. The molecular weight excluding hydrogens is 294 g/mol. The number of rotatable bonds is 6. The Hall–Kier alpha value is -1.60. The predicted octanol–water partition coefficient (Wildman–Crippen LogP) is 1.07. The SMILES string of the molecule is CC(Cn1ccnc1)NC(=O)NCC(C)N1CC(C)OC(C)C1. The molecule has 2 rings (SSSR count). The molecule has 2 N–H and O–H groups in total. The molecule has 1 fully saturated rings. The van der Waals surface area contributed by atoms with Crippen molar-refractivity contribution < 1.29 is 9.53 Å². The first kappa shape index (κ1) is 17.7. The van der Waals surface area contributed by atoms with Crippen molar-refractivity contribution in [2.75, 3.05) is 19.6 Å². The zero-order valence-corrected chi connectivity index (χ0v) is 14.5. The molecule has 4 atom stereocenters. The van der Waals surface area contributed by atoms with Gasteiger partial charge in [0, 0.05) is 50.7 Å². The van der Waals surface area contributed by atoms with Crippen LogP contribution in [0.5, 0.6) is 0 Å². The number of hydrogen-bond donors (Lipinski definition) is 2. The van der Waals surface area contributed by atoms with Crippen molar-refractivity contribution in [3.8, 4) is 0 Å². The van der Waals surface area contributed by atoms with Crippen LogP contribution in [-0.4, -0.2) is 64.4 Å². The van der Waals surface area contributed by atoms with Crippen LogP contribution < -0.4 is 10.6 Å². The maximum absolute atomic E-state index is 12.0. The molecule has 0 radical (unpaired) electrons. The van der Waals surface area contributed by atoms with Gasteiger partial charge in [0.1, 0.15) is 0 Å². The van der Waals surface area contributed by atoms with Gasteiger partial charge in [-0.25, -0.2) is 9.78 Å². The van der Waals surface area contributed by atoms with Gasteiger partial charge in [0.25, 0.3) is 0 Å². The van der Waals surface area contributed by atoms with Crippen LogP contribution in [-0.2, 0) is 11.3 Å². The maximum Gasteiger partial charge on any atom is 0.315 e. The van der Waals surface area contributed by atoms with Gasteiger partial charge in [0.05, 0.1) is 18.5 Å². The van der Waals surface area contributed by atoms with Crippen molar-refractivity contribution >= 4 is 6.03 Å². The van der Waals surface area contributed by atoms with Crippen LogP contribution in [0.4, 0.5) is 4.79 Å².